The lowest BCUT2D eigenvalue weighted by molar-refractivity contribution is 0.0185. The molecule has 0 aromatic carbocycles. The first-order valence-electron chi connectivity index (χ1n) is 9.26. The molecular formula is C21H24N2O5. The zero-order valence-electron chi connectivity index (χ0n) is 16.4. The van der Waals surface area contributed by atoms with E-state index in [0.29, 0.717) is 24.5 Å². The Kier molecular flexibility index (Phi) is 5.61. The first-order chi connectivity index (χ1) is 13.3. The number of nitrogens with zero attached hydrogens (tertiary/aromatic N) is 1. The fourth-order valence-corrected chi connectivity index (χ4v) is 3.51. The molecule has 7 nitrogen and oxygen atoms in total. The molecular weight excluding hydrogens is 360 g/mol. The highest BCUT2D eigenvalue weighted by atomic mass is 16.5. The van der Waals surface area contributed by atoms with Gasteiger partial charge in [0.15, 0.2) is 0 Å². The van der Waals surface area contributed by atoms with E-state index in [0.717, 1.165) is 11.3 Å². The van der Waals surface area contributed by atoms with Crippen LogP contribution in [-0.2, 0) is 9.47 Å². The van der Waals surface area contributed by atoms with Gasteiger partial charge in [0.25, 0.3) is 0 Å². The van der Waals surface area contributed by atoms with E-state index in [2.05, 4.69) is 6.07 Å². The predicted molar refractivity (Wildman–Crippen MR) is 102 cm³/mol. The summed E-state index contributed by atoms with van der Waals surface area (Å²) in [6.07, 6.45) is 3.85. The summed E-state index contributed by atoms with van der Waals surface area (Å²) >= 11 is 0. The van der Waals surface area contributed by atoms with Crippen LogP contribution in [0.5, 0.6) is 5.75 Å². The van der Waals surface area contributed by atoms with E-state index in [4.69, 9.17) is 24.4 Å². The third-order valence-corrected chi connectivity index (χ3v) is 4.57. The summed E-state index contributed by atoms with van der Waals surface area (Å²) in [4.78, 5) is 12.6. The lowest BCUT2D eigenvalue weighted by atomic mass is 9.80. The van der Waals surface area contributed by atoms with Crippen LogP contribution < -0.4 is 16.1 Å². The van der Waals surface area contributed by atoms with Crippen molar-refractivity contribution in [3.8, 4) is 11.8 Å². The van der Waals surface area contributed by atoms with Crippen molar-refractivity contribution in [3.05, 3.63) is 62.8 Å². The molecule has 1 aromatic rings. The fraction of sp³-hybridized carbons (Fsp3) is 0.429. The molecule has 7 heteroatoms. The summed E-state index contributed by atoms with van der Waals surface area (Å²) < 4.78 is 22.5. The molecule has 0 unspecified atom stereocenters. The van der Waals surface area contributed by atoms with Gasteiger partial charge in [0.05, 0.1) is 17.6 Å². The number of ether oxygens (including phenoxy) is 3. The number of nitriles is 1. The van der Waals surface area contributed by atoms with E-state index >= 15 is 0 Å². The number of hydrogen-bond acceptors (Lipinski definition) is 7. The van der Waals surface area contributed by atoms with Crippen LogP contribution in [0.4, 0.5) is 0 Å². The highest BCUT2D eigenvalue weighted by Gasteiger charge is 2.37. The van der Waals surface area contributed by atoms with Crippen LogP contribution in [0, 0.1) is 18.3 Å². The Morgan fingerprint density at radius 1 is 1.39 bits per heavy atom. The van der Waals surface area contributed by atoms with Crippen molar-refractivity contribution < 1.29 is 18.6 Å². The normalized spacial score (nSPS) is 21.4. The van der Waals surface area contributed by atoms with Crippen molar-refractivity contribution in [3.63, 3.8) is 0 Å². The summed E-state index contributed by atoms with van der Waals surface area (Å²) in [5, 5.41) is 9.67. The molecule has 0 radical (unpaired) electrons. The van der Waals surface area contributed by atoms with Crippen LogP contribution >= 0.6 is 0 Å². The maximum absolute atomic E-state index is 12.6. The van der Waals surface area contributed by atoms with E-state index in [9.17, 15) is 10.1 Å². The molecule has 0 amide bonds. The van der Waals surface area contributed by atoms with Gasteiger partial charge in [0.2, 0.25) is 5.88 Å². The summed E-state index contributed by atoms with van der Waals surface area (Å²) in [5.41, 5.74) is 6.73. The number of fused-ring (bicyclic) bond motifs is 1. The first-order valence-corrected chi connectivity index (χ1v) is 9.26. The van der Waals surface area contributed by atoms with Crippen molar-refractivity contribution >= 4 is 0 Å². The average molecular weight is 384 g/mol. The number of hydrogen-bond donors (Lipinski definition) is 1. The van der Waals surface area contributed by atoms with E-state index in [1.54, 1.807) is 13.0 Å². The molecule has 1 aliphatic heterocycles. The summed E-state index contributed by atoms with van der Waals surface area (Å²) in [6, 6.07) is 3.70. The van der Waals surface area contributed by atoms with Crippen molar-refractivity contribution in [2.45, 2.75) is 52.2 Å². The van der Waals surface area contributed by atoms with Crippen molar-refractivity contribution in [2.24, 2.45) is 5.73 Å². The third-order valence-electron chi connectivity index (χ3n) is 4.57. The quantitative estimate of drug-likeness (QED) is 0.830. The van der Waals surface area contributed by atoms with Crippen LogP contribution in [0.1, 0.15) is 44.4 Å². The van der Waals surface area contributed by atoms with Gasteiger partial charge in [0.1, 0.15) is 35.0 Å². The van der Waals surface area contributed by atoms with Crippen molar-refractivity contribution in [1.82, 2.24) is 0 Å². The molecule has 0 saturated carbocycles. The molecule has 1 aromatic heterocycles. The zero-order valence-corrected chi connectivity index (χ0v) is 16.4. The summed E-state index contributed by atoms with van der Waals surface area (Å²) in [7, 11) is 0. The molecule has 0 saturated heterocycles. The van der Waals surface area contributed by atoms with Gasteiger partial charge in [-0.15, -0.1) is 0 Å². The monoisotopic (exact) mass is 384 g/mol. The van der Waals surface area contributed by atoms with Crippen LogP contribution in [-0.4, -0.2) is 18.8 Å². The van der Waals surface area contributed by atoms with Gasteiger partial charge in [-0.3, -0.25) is 0 Å². The molecule has 0 spiro atoms. The number of aryl methyl sites for hydroxylation is 1. The number of allylic oxidation sites excluding steroid dienone is 3. The molecule has 0 fully saturated rings. The minimum absolute atomic E-state index is 0.00735. The Balaban J connectivity index is 2.11. The Bertz CT molecular complexity index is 962. The summed E-state index contributed by atoms with van der Waals surface area (Å²) in [5.74, 6) is 0.794. The number of rotatable bonds is 5. The Morgan fingerprint density at radius 2 is 2.14 bits per heavy atom. The minimum Gasteiger partial charge on any atom is -0.493 e. The van der Waals surface area contributed by atoms with Gasteiger partial charge in [-0.2, -0.15) is 5.26 Å². The molecule has 28 heavy (non-hydrogen) atoms. The largest absolute Gasteiger partial charge is 0.493 e. The molecule has 2 atom stereocenters. The predicted octanol–water partition coefficient (Wildman–Crippen LogP) is 3.16. The summed E-state index contributed by atoms with van der Waals surface area (Å²) in [6.45, 7) is 7.96. The van der Waals surface area contributed by atoms with Crippen LogP contribution in [0.25, 0.3) is 0 Å². The Labute approximate surface area is 163 Å². The van der Waals surface area contributed by atoms with Gasteiger partial charge < -0.3 is 24.4 Å². The fourth-order valence-electron chi connectivity index (χ4n) is 3.51. The SMILES string of the molecule is CCO[C@H]1CC([C@H]2C(C#N)=C(N)Oc3cc(C)oc(=O)c32)=CC=C1OC(C)C. The maximum Gasteiger partial charge on any atom is 0.343 e. The zero-order chi connectivity index (χ0) is 20.4. The second-order valence-corrected chi connectivity index (χ2v) is 6.97. The maximum atomic E-state index is 12.6. The van der Waals surface area contributed by atoms with Gasteiger partial charge in [-0.05, 0) is 33.8 Å². The molecule has 0 bridgehead atoms. The third kappa shape index (κ3) is 3.69. The van der Waals surface area contributed by atoms with E-state index in [-0.39, 0.29) is 29.2 Å². The second kappa shape index (κ2) is 7.95. The van der Waals surface area contributed by atoms with Crippen molar-refractivity contribution in [1.29, 1.82) is 5.26 Å². The Morgan fingerprint density at radius 3 is 2.79 bits per heavy atom. The van der Waals surface area contributed by atoms with Crippen LogP contribution in [0.3, 0.4) is 0 Å². The van der Waals surface area contributed by atoms with E-state index < -0.39 is 11.5 Å². The second-order valence-electron chi connectivity index (χ2n) is 6.97. The van der Waals surface area contributed by atoms with E-state index in [1.807, 2.05) is 32.9 Å². The molecule has 1 aliphatic carbocycles. The first kappa shape index (κ1) is 19.8. The molecule has 148 valence electrons. The smallest absolute Gasteiger partial charge is 0.343 e. The highest BCUT2D eigenvalue weighted by molar-refractivity contribution is 5.54. The topological polar surface area (TPSA) is 108 Å². The molecule has 2 heterocycles. The average Bonchev–Trinajstić information content (AvgIpc) is 2.61. The highest BCUT2D eigenvalue weighted by Crippen LogP contribution is 2.43. The molecule has 3 rings (SSSR count). The molecule has 2 N–H and O–H groups in total. The molecule has 2 aliphatic rings. The van der Waals surface area contributed by atoms with Crippen LogP contribution in [0.15, 0.2) is 50.2 Å². The Hall–Kier alpha value is -2.98. The van der Waals surface area contributed by atoms with Gasteiger partial charge >= 0.3 is 5.63 Å². The van der Waals surface area contributed by atoms with Gasteiger partial charge in [0, 0.05) is 19.1 Å². The van der Waals surface area contributed by atoms with Crippen molar-refractivity contribution in [2.75, 3.05) is 6.61 Å². The lowest BCUT2D eigenvalue weighted by Crippen LogP contribution is -2.30. The minimum atomic E-state index is -0.648. The lowest BCUT2D eigenvalue weighted by Gasteiger charge is -2.31. The number of nitrogens with two attached hydrogens (primary N) is 1. The van der Waals surface area contributed by atoms with Gasteiger partial charge in [-0.25, -0.2) is 4.79 Å². The van der Waals surface area contributed by atoms with E-state index in [1.165, 1.54) is 0 Å². The van der Waals surface area contributed by atoms with Gasteiger partial charge in [-0.1, -0.05) is 11.6 Å². The van der Waals surface area contributed by atoms with Crippen LogP contribution in [0.2, 0.25) is 0 Å². The standard InChI is InChI=1S/C21H24N2O5/c1-5-25-16-9-13(6-7-15(16)26-11(2)3)18-14(10-22)20(23)28-17-8-12(4)27-21(24)19(17)18/h6-8,11,16,18H,5,9,23H2,1-4H3/t16-,18-/m0/s1.